The minimum atomic E-state index is -3.43. The third kappa shape index (κ3) is 5.06. The molecule has 0 bridgehead atoms. The summed E-state index contributed by atoms with van der Waals surface area (Å²) in [6.45, 7) is 1.67. The summed E-state index contributed by atoms with van der Waals surface area (Å²) in [7, 11) is -3.43. The van der Waals surface area contributed by atoms with Crippen LogP contribution in [0.3, 0.4) is 0 Å². The van der Waals surface area contributed by atoms with Gasteiger partial charge < -0.3 is 5.32 Å². The van der Waals surface area contributed by atoms with Gasteiger partial charge in [-0.25, -0.2) is 13.1 Å². The molecule has 4 nitrogen and oxygen atoms in total. The predicted octanol–water partition coefficient (Wildman–Crippen LogP) is 2.59. The van der Waals surface area contributed by atoms with E-state index >= 15 is 0 Å². The van der Waals surface area contributed by atoms with Crippen molar-refractivity contribution in [2.75, 3.05) is 13.1 Å². The van der Waals surface area contributed by atoms with E-state index in [0.29, 0.717) is 15.6 Å². The van der Waals surface area contributed by atoms with Crippen molar-refractivity contribution >= 4 is 45.6 Å². The average Bonchev–Trinajstić information content (AvgIpc) is 2.35. The highest BCUT2D eigenvalue weighted by Crippen LogP contribution is 2.26. The molecule has 0 atom stereocenters. The van der Waals surface area contributed by atoms with E-state index in [1.165, 1.54) is 0 Å². The maximum atomic E-state index is 12.1. The molecule has 0 radical (unpaired) electrons. The molecule has 1 heterocycles. The van der Waals surface area contributed by atoms with Crippen LogP contribution in [0, 0.1) is 0 Å². The van der Waals surface area contributed by atoms with E-state index in [4.69, 9.17) is 23.2 Å². The Morgan fingerprint density at radius 3 is 2.30 bits per heavy atom. The van der Waals surface area contributed by atoms with E-state index in [9.17, 15) is 8.42 Å². The Balaban J connectivity index is 0.00000200. The Morgan fingerprint density at radius 2 is 1.75 bits per heavy atom. The highest BCUT2D eigenvalue weighted by atomic mass is 35.5. The van der Waals surface area contributed by atoms with E-state index < -0.39 is 10.0 Å². The van der Waals surface area contributed by atoms with Crippen molar-refractivity contribution < 1.29 is 8.42 Å². The number of piperidine rings is 1. The minimum Gasteiger partial charge on any atom is -0.317 e. The number of sulfonamides is 1. The maximum absolute atomic E-state index is 12.1. The van der Waals surface area contributed by atoms with E-state index in [2.05, 4.69) is 10.0 Å². The van der Waals surface area contributed by atoms with Gasteiger partial charge in [-0.2, -0.15) is 0 Å². The molecule has 0 unspecified atom stereocenters. The fourth-order valence-electron chi connectivity index (χ4n) is 2.10. The fourth-order valence-corrected chi connectivity index (χ4v) is 4.30. The molecule has 20 heavy (non-hydrogen) atoms. The van der Waals surface area contributed by atoms with Crippen LogP contribution in [0.2, 0.25) is 10.0 Å². The van der Waals surface area contributed by atoms with Crippen molar-refractivity contribution in [2.24, 2.45) is 0 Å². The Labute approximate surface area is 135 Å². The second kappa shape index (κ2) is 7.82. The zero-order chi connectivity index (χ0) is 13.9. The van der Waals surface area contributed by atoms with Crippen LogP contribution < -0.4 is 10.0 Å². The molecule has 1 saturated heterocycles. The zero-order valence-electron chi connectivity index (χ0n) is 10.7. The van der Waals surface area contributed by atoms with Gasteiger partial charge in [0.05, 0.1) is 5.75 Å². The number of benzene rings is 1. The molecule has 0 aromatic heterocycles. The summed E-state index contributed by atoms with van der Waals surface area (Å²) >= 11 is 12.0. The van der Waals surface area contributed by atoms with Crippen LogP contribution in [0.25, 0.3) is 0 Å². The van der Waals surface area contributed by atoms with Gasteiger partial charge in [0.2, 0.25) is 10.0 Å². The van der Waals surface area contributed by atoms with Crippen LogP contribution in [-0.4, -0.2) is 27.5 Å². The molecular weight excluding hydrogens is 343 g/mol. The lowest BCUT2D eigenvalue weighted by molar-refractivity contribution is 0.427. The molecule has 0 aliphatic carbocycles. The number of halogens is 3. The minimum absolute atomic E-state index is 0. The summed E-state index contributed by atoms with van der Waals surface area (Å²) in [6.07, 6.45) is 1.60. The molecule has 1 aliphatic rings. The second-order valence-corrected chi connectivity index (χ2v) is 7.17. The Hall–Kier alpha value is -0.0400. The first-order chi connectivity index (χ1) is 8.98. The van der Waals surface area contributed by atoms with E-state index in [0.717, 1.165) is 25.9 Å². The van der Waals surface area contributed by atoms with Gasteiger partial charge >= 0.3 is 0 Å². The van der Waals surface area contributed by atoms with Gasteiger partial charge in [0.25, 0.3) is 0 Å². The smallest absolute Gasteiger partial charge is 0.216 e. The number of rotatable bonds is 4. The molecule has 0 amide bonds. The Bertz CT molecular complexity index is 525. The summed E-state index contributed by atoms with van der Waals surface area (Å²) < 4.78 is 27.0. The molecule has 8 heteroatoms. The van der Waals surface area contributed by atoms with Crippen LogP contribution in [0.5, 0.6) is 0 Å². The fraction of sp³-hybridized carbons (Fsp3) is 0.500. The molecule has 1 fully saturated rings. The normalized spacial score (nSPS) is 16.7. The monoisotopic (exact) mass is 358 g/mol. The van der Waals surface area contributed by atoms with Crippen molar-refractivity contribution in [1.82, 2.24) is 10.0 Å². The molecule has 1 aliphatic heterocycles. The number of hydrogen-bond acceptors (Lipinski definition) is 3. The quantitative estimate of drug-likeness (QED) is 0.869. The van der Waals surface area contributed by atoms with Crippen molar-refractivity contribution in [3.05, 3.63) is 33.8 Å². The van der Waals surface area contributed by atoms with Crippen LogP contribution in [0.15, 0.2) is 18.2 Å². The molecule has 2 rings (SSSR count). The zero-order valence-corrected chi connectivity index (χ0v) is 13.9. The van der Waals surface area contributed by atoms with Gasteiger partial charge in [-0.3, -0.25) is 0 Å². The van der Waals surface area contributed by atoms with Crippen molar-refractivity contribution in [2.45, 2.75) is 24.6 Å². The van der Waals surface area contributed by atoms with E-state index in [1.807, 2.05) is 0 Å². The van der Waals surface area contributed by atoms with Gasteiger partial charge in [0.15, 0.2) is 0 Å². The van der Waals surface area contributed by atoms with Gasteiger partial charge in [-0.1, -0.05) is 29.3 Å². The van der Waals surface area contributed by atoms with Crippen molar-refractivity contribution in [3.8, 4) is 0 Å². The van der Waals surface area contributed by atoms with Crippen LogP contribution in [0.1, 0.15) is 18.4 Å². The summed E-state index contributed by atoms with van der Waals surface area (Å²) in [4.78, 5) is 0. The number of nitrogens with one attached hydrogen (secondary N) is 2. The SMILES string of the molecule is Cl.O=S(=O)(Cc1c(Cl)cccc1Cl)NC1CCNCC1. The molecule has 1 aromatic carbocycles. The van der Waals surface area contributed by atoms with Crippen LogP contribution in [-0.2, 0) is 15.8 Å². The Kier molecular flexibility index (Phi) is 7.04. The molecule has 114 valence electrons. The second-order valence-electron chi connectivity index (χ2n) is 4.60. The van der Waals surface area contributed by atoms with Crippen molar-refractivity contribution in [1.29, 1.82) is 0 Å². The van der Waals surface area contributed by atoms with Gasteiger partial charge in [0, 0.05) is 21.7 Å². The van der Waals surface area contributed by atoms with E-state index in [1.54, 1.807) is 18.2 Å². The lowest BCUT2D eigenvalue weighted by atomic mass is 10.1. The first-order valence-electron chi connectivity index (χ1n) is 6.11. The molecule has 0 saturated carbocycles. The van der Waals surface area contributed by atoms with Crippen molar-refractivity contribution in [3.63, 3.8) is 0 Å². The Morgan fingerprint density at radius 1 is 1.20 bits per heavy atom. The lowest BCUT2D eigenvalue weighted by Gasteiger charge is -2.23. The molecule has 0 spiro atoms. The lowest BCUT2D eigenvalue weighted by Crippen LogP contribution is -2.43. The predicted molar refractivity (Wildman–Crippen MR) is 85.4 cm³/mol. The highest BCUT2D eigenvalue weighted by molar-refractivity contribution is 7.88. The molecule has 1 aromatic rings. The molecule has 2 N–H and O–H groups in total. The summed E-state index contributed by atoms with van der Waals surface area (Å²) in [5, 5.41) is 3.95. The first-order valence-corrected chi connectivity index (χ1v) is 8.52. The van der Waals surface area contributed by atoms with Gasteiger partial charge in [-0.15, -0.1) is 12.4 Å². The third-order valence-electron chi connectivity index (χ3n) is 3.08. The summed E-state index contributed by atoms with van der Waals surface area (Å²) in [5.41, 5.74) is 0.451. The van der Waals surface area contributed by atoms with Crippen LogP contribution >= 0.6 is 35.6 Å². The van der Waals surface area contributed by atoms with Gasteiger partial charge in [-0.05, 0) is 38.1 Å². The van der Waals surface area contributed by atoms with Gasteiger partial charge in [0.1, 0.15) is 0 Å². The highest BCUT2D eigenvalue weighted by Gasteiger charge is 2.22. The first kappa shape index (κ1) is 18.0. The summed E-state index contributed by atoms with van der Waals surface area (Å²) in [6, 6.07) is 4.97. The van der Waals surface area contributed by atoms with Crippen LogP contribution in [0.4, 0.5) is 0 Å². The summed E-state index contributed by atoms with van der Waals surface area (Å²) in [5.74, 6) is -0.185. The third-order valence-corrected chi connectivity index (χ3v) is 5.15. The molecular formula is C12H17Cl3N2O2S. The topological polar surface area (TPSA) is 58.2 Å². The largest absolute Gasteiger partial charge is 0.317 e. The van der Waals surface area contributed by atoms with E-state index in [-0.39, 0.29) is 24.2 Å². The number of hydrogen-bond donors (Lipinski definition) is 2. The average molecular weight is 360 g/mol. The standard InChI is InChI=1S/C12H16Cl2N2O2S.ClH/c13-11-2-1-3-12(14)10(11)8-19(17,18)16-9-4-6-15-7-5-9;/h1-3,9,15-16H,4-8H2;1H. The maximum Gasteiger partial charge on any atom is 0.216 e.